The molecule has 180 valence electrons. The van der Waals surface area contributed by atoms with Crippen LogP contribution in [0.3, 0.4) is 0 Å². The Morgan fingerprint density at radius 1 is 0.912 bits per heavy atom. The van der Waals surface area contributed by atoms with Crippen molar-refractivity contribution in [3.05, 3.63) is 83.4 Å². The molecule has 2 N–H and O–H groups in total. The number of hydrogen-bond donors (Lipinski definition) is 2. The maximum absolute atomic E-state index is 12.8. The number of carbonyl (C=O) groups excluding carboxylic acids is 1. The molecule has 0 aromatic heterocycles. The Morgan fingerprint density at radius 2 is 1.53 bits per heavy atom. The van der Waals surface area contributed by atoms with Crippen LogP contribution in [0.15, 0.2) is 71.6 Å². The van der Waals surface area contributed by atoms with Crippen molar-refractivity contribution in [2.45, 2.75) is 58.0 Å². The number of ether oxygens (including phenoxy) is 1. The highest BCUT2D eigenvalue weighted by Gasteiger charge is 2.18. The maximum atomic E-state index is 12.8. The van der Waals surface area contributed by atoms with Gasteiger partial charge in [-0.1, -0.05) is 50.6 Å². The highest BCUT2D eigenvalue weighted by Crippen LogP contribution is 2.25. The van der Waals surface area contributed by atoms with Gasteiger partial charge >= 0.3 is 0 Å². The Morgan fingerprint density at radius 3 is 2.09 bits per heavy atom. The van der Waals surface area contributed by atoms with E-state index < -0.39 is 16.1 Å². The maximum Gasteiger partial charge on any atom is 0.265 e. The monoisotopic (exact) mass is 480 g/mol. The number of sulfonamides is 1. The lowest BCUT2D eigenvalue weighted by atomic mass is 9.87. The molecule has 7 heteroatoms. The van der Waals surface area contributed by atoms with Gasteiger partial charge in [-0.3, -0.25) is 9.52 Å². The summed E-state index contributed by atoms with van der Waals surface area (Å²) in [5.74, 6) is 0.276. The second-order valence-corrected chi connectivity index (χ2v) is 11.2. The molecular weight excluding hydrogens is 448 g/mol. The highest BCUT2D eigenvalue weighted by molar-refractivity contribution is 7.92. The zero-order valence-electron chi connectivity index (χ0n) is 20.5. The van der Waals surface area contributed by atoms with E-state index in [9.17, 15) is 13.2 Å². The topological polar surface area (TPSA) is 84.5 Å². The van der Waals surface area contributed by atoms with Gasteiger partial charge in [-0.25, -0.2) is 8.42 Å². The first-order valence-corrected chi connectivity index (χ1v) is 12.6. The van der Waals surface area contributed by atoms with Crippen LogP contribution >= 0.6 is 0 Å². The molecule has 0 bridgehead atoms. The molecule has 0 saturated heterocycles. The van der Waals surface area contributed by atoms with Crippen molar-refractivity contribution in [3.8, 4) is 5.75 Å². The predicted octanol–water partition coefficient (Wildman–Crippen LogP) is 5.81. The number of amides is 1. The van der Waals surface area contributed by atoms with Crippen molar-refractivity contribution in [1.82, 2.24) is 0 Å². The van der Waals surface area contributed by atoms with Gasteiger partial charge in [0.1, 0.15) is 5.75 Å². The first-order valence-electron chi connectivity index (χ1n) is 11.1. The van der Waals surface area contributed by atoms with Crippen LogP contribution in [0.4, 0.5) is 11.4 Å². The van der Waals surface area contributed by atoms with Crippen molar-refractivity contribution < 1.29 is 17.9 Å². The number of rotatable bonds is 7. The number of aryl methyl sites for hydroxylation is 2. The molecule has 34 heavy (non-hydrogen) atoms. The first kappa shape index (κ1) is 25.3. The molecule has 0 aliphatic heterocycles. The quantitative estimate of drug-likeness (QED) is 0.447. The summed E-state index contributed by atoms with van der Waals surface area (Å²) >= 11 is 0. The third-order valence-corrected chi connectivity index (χ3v) is 6.84. The van der Waals surface area contributed by atoms with E-state index >= 15 is 0 Å². The Labute approximate surface area is 202 Å². The smallest absolute Gasteiger partial charge is 0.265 e. The molecular formula is C27H32N2O4S. The average Bonchev–Trinajstić information content (AvgIpc) is 2.76. The van der Waals surface area contributed by atoms with Gasteiger partial charge in [-0.05, 0) is 79.8 Å². The van der Waals surface area contributed by atoms with E-state index in [2.05, 4.69) is 30.8 Å². The predicted molar refractivity (Wildman–Crippen MR) is 137 cm³/mol. The van der Waals surface area contributed by atoms with E-state index in [0.29, 0.717) is 17.1 Å². The average molecular weight is 481 g/mol. The number of anilines is 2. The van der Waals surface area contributed by atoms with Crippen molar-refractivity contribution >= 4 is 27.3 Å². The Hall–Kier alpha value is -3.32. The third kappa shape index (κ3) is 6.38. The molecule has 0 fully saturated rings. The summed E-state index contributed by atoms with van der Waals surface area (Å²) in [6.45, 7) is 11.9. The van der Waals surface area contributed by atoms with Crippen molar-refractivity contribution in [2.24, 2.45) is 0 Å². The molecule has 1 amide bonds. The van der Waals surface area contributed by atoms with Crippen LogP contribution in [-0.4, -0.2) is 20.4 Å². The van der Waals surface area contributed by atoms with E-state index in [4.69, 9.17) is 4.74 Å². The van der Waals surface area contributed by atoms with Crippen molar-refractivity contribution in [1.29, 1.82) is 0 Å². The molecule has 0 saturated carbocycles. The van der Waals surface area contributed by atoms with Gasteiger partial charge in [-0.15, -0.1) is 0 Å². The summed E-state index contributed by atoms with van der Waals surface area (Å²) in [6.07, 6.45) is -0.727. The Bertz CT molecular complexity index is 1260. The van der Waals surface area contributed by atoms with Crippen LogP contribution in [0.25, 0.3) is 0 Å². The minimum Gasteiger partial charge on any atom is -0.481 e. The number of hydrogen-bond acceptors (Lipinski definition) is 4. The van der Waals surface area contributed by atoms with Crippen LogP contribution in [0.1, 0.15) is 44.4 Å². The summed E-state index contributed by atoms with van der Waals surface area (Å²) in [7, 11) is -3.75. The zero-order chi connectivity index (χ0) is 25.1. The van der Waals surface area contributed by atoms with Crippen molar-refractivity contribution in [3.63, 3.8) is 0 Å². The lowest BCUT2D eigenvalue weighted by Crippen LogP contribution is -2.30. The van der Waals surface area contributed by atoms with Crippen LogP contribution in [-0.2, 0) is 20.2 Å². The first-order chi connectivity index (χ1) is 15.8. The molecule has 0 unspecified atom stereocenters. The van der Waals surface area contributed by atoms with Crippen LogP contribution in [0.2, 0.25) is 0 Å². The van der Waals surface area contributed by atoms with Crippen LogP contribution in [0.5, 0.6) is 5.75 Å². The van der Waals surface area contributed by atoms with Gasteiger partial charge in [0.2, 0.25) is 0 Å². The largest absolute Gasteiger partial charge is 0.481 e. The summed E-state index contributed by atoms with van der Waals surface area (Å²) in [4.78, 5) is 12.7. The fourth-order valence-corrected chi connectivity index (χ4v) is 4.52. The van der Waals surface area contributed by atoms with Crippen molar-refractivity contribution in [2.75, 3.05) is 10.0 Å². The van der Waals surface area contributed by atoms with E-state index in [1.54, 1.807) is 25.1 Å². The lowest BCUT2D eigenvalue weighted by Gasteiger charge is -2.20. The van der Waals surface area contributed by atoms with Gasteiger partial charge in [0.25, 0.3) is 15.9 Å². The second-order valence-electron chi connectivity index (χ2n) is 9.47. The minimum absolute atomic E-state index is 0.0374. The van der Waals surface area contributed by atoms with Gasteiger partial charge in [0.05, 0.1) is 10.6 Å². The van der Waals surface area contributed by atoms with Gasteiger partial charge in [0, 0.05) is 5.69 Å². The lowest BCUT2D eigenvalue weighted by molar-refractivity contribution is -0.122. The van der Waals surface area contributed by atoms with Crippen LogP contribution in [0, 0.1) is 13.8 Å². The van der Waals surface area contributed by atoms with Gasteiger partial charge < -0.3 is 10.1 Å². The molecule has 0 aliphatic rings. The summed E-state index contributed by atoms with van der Waals surface area (Å²) < 4.78 is 33.9. The van der Waals surface area contributed by atoms with Crippen LogP contribution < -0.4 is 14.8 Å². The molecule has 3 aromatic rings. The van der Waals surface area contributed by atoms with E-state index in [0.717, 1.165) is 11.1 Å². The number of nitrogens with one attached hydrogen (secondary N) is 2. The summed E-state index contributed by atoms with van der Waals surface area (Å²) in [6, 6.07) is 19.2. The zero-order valence-corrected chi connectivity index (χ0v) is 21.3. The van der Waals surface area contributed by atoms with E-state index in [1.807, 2.05) is 50.2 Å². The van der Waals surface area contributed by atoms with E-state index in [-0.39, 0.29) is 16.2 Å². The molecule has 3 rings (SSSR count). The summed E-state index contributed by atoms with van der Waals surface area (Å²) in [5, 5.41) is 2.76. The van der Waals surface area contributed by atoms with E-state index in [1.165, 1.54) is 17.7 Å². The molecule has 0 aliphatic carbocycles. The Balaban J connectivity index is 1.62. The minimum atomic E-state index is -3.75. The third-order valence-electron chi connectivity index (χ3n) is 5.46. The summed E-state index contributed by atoms with van der Waals surface area (Å²) in [5.41, 5.74) is 4.13. The molecule has 1 atom stereocenters. The molecule has 0 spiro atoms. The van der Waals surface area contributed by atoms with Gasteiger partial charge in [-0.2, -0.15) is 0 Å². The molecule has 3 aromatic carbocycles. The normalized spacial score (nSPS) is 12.6. The fourth-order valence-electron chi connectivity index (χ4n) is 3.38. The molecule has 0 radical (unpaired) electrons. The SMILES string of the molecule is Cc1ccc(NS(=O)(=O)c2ccc(NC(=O)[C@H](C)Oc3ccc(C(C)(C)C)cc3)cc2)c(C)c1. The molecule has 6 nitrogen and oxygen atoms in total. The fraction of sp³-hybridized carbons (Fsp3) is 0.296. The Kier molecular flexibility index (Phi) is 7.36. The number of carbonyl (C=O) groups is 1. The standard InChI is InChI=1S/C27H32N2O4S/c1-18-7-16-25(19(2)17-18)29-34(31,32)24-14-10-22(11-15-24)28-26(30)20(3)33-23-12-8-21(9-13-23)27(4,5)6/h7-17,20,29H,1-6H3,(H,28,30)/t20-/m0/s1. The van der Waals surface area contributed by atoms with Gasteiger partial charge in [0.15, 0.2) is 6.10 Å². The second kappa shape index (κ2) is 9.89. The molecule has 0 heterocycles. The highest BCUT2D eigenvalue weighted by atomic mass is 32.2. The number of benzene rings is 3.